The number of fused-ring (bicyclic) bond motifs is 1. The number of aliphatic hydroxyl groups excluding tert-OH is 1. The quantitative estimate of drug-likeness (QED) is 0.775. The van der Waals surface area contributed by atoms with Crippen molar-refractivity contribution < 1.29 is 24.1 Å². The van der Waals surface area contributed by atoms with Crippen molar-refractivity contribution in [3.63, 3.8) is 0 Å². The van der Waals surface area contributed by atoms with Crippen LogP contribution < -0.4 is 14.2 Å². The van der Waals surface area contributed by atoms with E-state index in [1.165, 1.54) is 14.2 Å². The zero-order valence-electron chi connectivity index (χ0n) is 16.0. The highest BCUT2D eigenvalue weighted by Gasteiger charge is 2.30. The molecule has 1 aliphatic heterocycles. The smallest absolute Gasteiger partial charge is 0.173 e. The molecular weight excluding hydrogens is 344 g/mol. The number of benzene rings is 2. The third-order valence-corrected chi connectivity index (χ3v) is 4.54. The minimum absolute atomic E-state index is 0.0778. The molecule has 3 rings (SSSR count). The van der Waals surface area contributed by atoms with Crippen LogP contribution >= 0.6 is 0 Å². The molecule has 2 aromatic rings. The lowest BCUT2D eigenvalue weighted by molar-refractivity contribution is 0.0874. The molecule has 0 aromatic heterocycles. The Morgan fingerprint density at radius 1 is 1.19 bits per heavy atom. The Bertz CT molecular complexity index is 868. The highest BCUT2D eigenvalue weighted by molar-refractivity contribution is 6.03. The van der Waals surface area contributed by atoms with Crippen LogP contribution in [0.1, 0.15) is 47.9 Å². The second-order valence-electron chi connectivity index (χ2n) is 6.99. The minimum Gasteiger partial charge on any atom is -0.496 e. The second kappa shape index (κ2) is 7.45. The first-order valence-corrected chi connectivity index (χ1v) is 8.79. The fraction of sp³-hybridized carbons (Fsp3) is 0.318. The van der Waals surface area contributed by atoms with Gasteiger partial charge in [0.05, 0.1) is 25.9 Å². The number of methoxy groups -OCH3 is 2. The number of aliphatic hydroxyl groups is 1. The van der Waals surface area contributed by atoms with Gasteiger partial charge in [0.25, 0.3) is 0 Å². The number of hydrogen-bond donors (Lipinski definition) is 1. The number of Topliss-reactive ketones (excluding diaryl/α,β-unsaturated/α-hetero) is 1. The van der Waals surface area contributed by atoms with Crippen molar-refractivity contribution in [2.45, 2.75) is 32.0 Å². The van der Waals surface area contributed by atoms with Gasteiger partial charge in [-0.15, -0.1) is 0 Å². The van der Waals surface area contributed by atoms with Crippen LogP contribution in [0.25, 0.3) is 6.08 Å². The molecule has 1 heterocycles. The molecule has 1 unspecified atom stereocenters. The van der Waals surface area contributed by atoms with E-state index in [1.54, 1.807) is 18.2 Å². The number of hydrogen-bond acceptors (Lipinski definition) is 5. The van der Waals surface area contributed by atoms with E-state index in [1.807, 2.05) is 44.2 Å². The SMILES string of the molecule is COc1cc2c(c(OC)c1C(=O)CC(O)c1ccccc1)C=CC(C)(C)O2. The first-order valence-electron chi connectivity index (χ1n) is 8.79. The van der Waals surface area contributed by atoms with Crippen molar-refractivity contribution in [2.24, 2.45) is 0 Å². The van der Waals surface area contributed by atoms with E-state index in [2.05, 4.69) is 0 Å². The van der Waals surface area contributed by atoms with Crippen LogP contribution in [-0.2, 0) is 0 Å². The van der Waals surface area contributed by atoms with Crippen LogP contribution in [0.2, 0.25) is 0 Å². The Morgan fingerprint density at radius 2 is 1.89 bits per heavy atom. The Kier molecular flexibility index (Phi) is 5.24. The third-order valence-electron chi connectivity index (χ3n) is 4.54. The van der Waals surface area contributed by atoms with Gasteiger partial charge in [0, 0.05) is 12.5 Å². The zero-order valence-corrected chi connectivity index (χ0v) is 16.0. The van der Waals surface area contributed by atoms with Gasteiger partial charge in [0.15, 0.2) is 5.78 Å². The normalized spacial score (nSPS) is 15.4. The van der Waals surface area contributed by atoms with Crippen molar-refractivity contribution in [2.75, 3.05) is 14.2 Å². The molecule has 1 aliphatic rings. The summed E-state index contributed by atoms with van der Waals surface area (Å²) in [5.41, 5.74) is 1.22. The summed E-state index contributed by atoms with van der Waals surface area (Å²) in [6.07, 6.45) is 2.82. The Hall–Kier alpha value is -2.79. The first kappa shape index (κ1) is 19.0. The van der Waals surface area contributed by atoms with Gasteiger partial charge in [-0.25, -0.2) is 0 Å². The van der Waals surface area contributed by atoms with E-state index in [4.69, 9.17) is 14.2 Å². The number of carbonyl (C=O) groups is 1. The highest BCUT2D eigenvalue weighted by atomic mass is 16.5. The van der Waals surface area contributed by atoms with Crippen molar-refractivity contribution >= 4 is 11.9 Å². The van der Waals surface area contributed by atoms with Crippen LogP contribution in [-0.4, -0.2) is 30.7 Å². The lowest BCUT2D eigenvalue weighted by atomic mass is 9.94. The van der Waals surface area contributed by atoms with Gasteiger partial charge in [0.1, 0.15) is 28.4 Å². The van der Waals surface area contributed by atoms with E-state index in [0.29, 0.717) is 33.9 Å². The number of rotatable bonds is 6. The molecule has 0 bridgehead atoms. The predicted molar refractivity (Wildman–Crippen MR) is 104 cm³/mol. The largest absolute Gasteiger partial charge is 0.496 e. The molecule has 1 N–H and O–H groups in total. The summed E-state index contributed by atoms with van der Waals surface area (Å²) in [4.78, 5) is 13.0. The van der Waals surface area contributed by atoms with Crippen LogP contribution in [0.15, 0.2) is 42.5 Å². The molecule has 142 valence electrons. The van der Waals surface area contributed by atoms with Crippen molar-refractivity contribution in [1.82, 2.24) is 0 Å². The lowest BCUT2D eigenvalue weighted by Crippen LogP contribution is -2.28. The molecule has 0 amide bonds. The predicted octanol–water partition coefficient (Wildman–Crippen LogP) is 4.19. The average molecular weight is 368 g/mol. The van der Waals surface area contributed by atoms with Crippen LogP contribution in [0.4, 0.5) is 0 Å². The summed E-state index contributed by atoms with van der Waals surface area (Å²) in [6, 6.07) is 10.8. The Morgan fingerprint density at radius 3 is 2.52 bits per heavy atom. The maximum atomic E-state index is 13.0. The molecule has 2 aromatic carbocycles. The molecule has 0 aliphatic carbocycles. The molecule has 0 saturated heterocycles. The standard InChI is InChI=1S/C22H24O5/c1-22(2)11-10-15-18(27-22)13-19(25-3)20(21(15)26-4)17(24)12-16(23)14-8-6-5-7-9-14/h5-11,13,16,23H,12H2,1-4H3. The van der Waals surface area contributed by atoms with E-state index in [-0.39, 0.29) is 12.2 Å². The summed E-state index contributed by atoms with van der Waals surface area (Å²) in [5.74, 6) is 1.08. The summed E-state index contributed by atoms with van der Waals surface area (Å²) in [6.45, 7) is 3.89. The monoisotopic (exact) mass is 368 g/mol. The maximum Gasteiger partial charge on any atom is 0.173 e. The van der Waals surface area contributed by atoms with Gasteiger partial charge in [-0.3, -0.25) is 4.79 Å². The molecular formula is C22H24O5. The van der Waals surface area contributed by atoms with Crippen molar-refractivity contribution in [3.8, 4) is 17.2 Å². The third kappa shape index (κ3) is 3.83. The van der Waals surface area contributed by atoms with E-state index in [9.17, 15) is 9.90 Å². The van der Waals surface area contributed by atoms with E-state index in [0.717, 1.165) is 0 Å². The summed E-state index contributed by atoms with van der Waals surface area (Å²) in [5, 5.41) is 10.4. The van der Waals surface area contributed by atoms with Crippen LogP contribution in [0.5, 0.6) is 17.2 Å². The summed E-state index contributed by atoms with van der Waals surface area (Å²) >= 11 is 0. The lowest BCUT2D eigenvalue weighted by Gasteiger charge is -2.29. The maximum absolute atomic E-state index is 13.0. The zero-order chi connectivity index (χ0) is 19.6. The van der Waals surface area contributed by atoms with E-state index < -0.39 is 11.7 Å². The topological polar surface area (TPSA) is 65.0 Å². The fourth-order valence-corrected chi connectivity index (χ4v) is 3.18. The van der Waals surface area contributed by atoms with Crippen LogP contribution in [0.3, 0.4) is 0 Å². The average Bonchev–Trinajstić information content (AvgIpc) is 2.65. The molecule has 1 atom stereocenters. The van der Waals surface area contributed by atoms with Gasteiger partial charge in [-0.05, 0) is 31.6 Å². The number of ether oxygens (including phenoxy) is 3. The Balaban J connectivity index is 2.00. The molecule has 5 nitrogen and oxygen atoms in total. The minimum atomic E-state index is -0.908. The molecule has 27 heavy (non-hydrogen) atoms. The van der Waals surface area contributed by atoms with Gasteiger partial charge < -0.3 is 19.3 Å². The number of carbonyl (C=O) groups excluding carboxylic acids is 1. The second-order valence-corrected chi connectivity index (χ2v) is 6.99. The summed E-state index contributed by atoms with van der Waals surface area (Å²) in [7, 11) is 3.00. The molecule has 0 saturated carbocycles. The molecule has 5 heteroatoms. The van der Waals surface area contributed by atoms with Gasteiger partial charge in [-0.2, -0.15) is 0 Å². The number of ketones is 1. The van der Waals surface area contributed by atoms with Gasteiger partial charge in [-0.1, -0.05) is 30.3 Å². The van der Waals surface area contributed by atoms with Crippen molar-refractivity contribution in [1.29, 1.82) is 0 Å². The van der Waals surface area contributed by atoms with Gasteiger partial charge in [0.2, 0.25) is 0 Å². The molecule has 0 radical (unpaired) electrons. The fourth-order valence-electron chi connectivity index (χ4n) is 3.18. The van der Waals surface area contributed by atoms with Crippen LogP contribution in [0, 0.1) is 0 Å². The molecule has 0 spiro atoms. The Labute approximate surface area is 159 Å². The highest BCUT2D eigenvalue weighted by Crippen LogP contribution is 2.44. The summed E-state index contributed by atoms with van der Waals surface area (Å²) < 4.78 is 17.0. The molecule has 0 fully saturated rings. The first-order chi connectivity index (χ1) is 12.9. The van der Waals surface area contributed by atoms with Crippen molar-refractivity contribution in [3.05, 3.63) is 59.2 Å². The van der Waals surface area contributed by atoms with Gasteiger partial charge >= 0.3 is 0 Å². The van der Waals surface area contributed by atoms with E-state index >= 15 is 0 Å².